The fraction of sp³-hybridized carbons (Fsp3) is 0.361. The monoisotopic (exact) mass is 656 g/mol. The van der Waals surface area contributed by atoms with Crippen molar-refractivity contribution >= 4 is 23.6 Å². The van der Waals surface area contributed by atoms with E-state index in [1.165, 1.54) is 36.0 Å². The molecule has 216 valence electrons. The van der Waals surface area contributed by atoms with Crippen LogP contribution in [0.5, 0.6) is 0 Å². The summed E-state index contributed by atoms with van der Waals surface area (Å²) in [6.45, 7) is 14.0. The molecule has 1 unspecified atom stereocenters. The molecule has 0 radical (unpaired) electrons. The topological polar surface area (TPSA) is 0 Å². The van der Waals surface area contributed by atoms with Crippen LogP contribution < -0.4 is 52.8 Å². The molecule has 2 aliphatic carbocycles. The van der Waals surface area contributed by atoms with Crippen LogP contribution in [0.25, 0.3) is 0 Å². The minimum Gasteiger partial charge on any atom is -1.00 e. The van der Waals surface area contributed by atoms with Gasteiger partial charge in [-0.15, -0.1) is 12.2 Å². The van der Waals surface area contributed by atoms with Gasteiger partial charge in [0.05, 0.1) is 8.07 Å². The fourth-order valence-corrected chi connectivity index (χ4v) is 12.1. The molecule has 5 heteroatoms. The third-order valence-electron chi connectivity index (χ3n) is 8.78. The third-order valence-corrected chi connectivity index (χ3v) is 13.8. The number of allylic oxidation sites excluding steroid dienone is 4. The van der Waals surface area contributed by atoms with Crippen molar-refractivity contribution < 1.29 is 58.9 Å². The Kier molecular flexibility index (Phi) is 14.8. The van der Waals surface area contributed by atoms with Gasteiger partial charge in [-0.05, 0) is 46.8 Å². The molecule has 3 aromatic rings. The molecule has 41 heavy (non-hydrogen) atoms. The van der Waals surface area contributed by atoms with Gasteiger partial charge in [0.15, 0.2) is 0 Å². The van der Waals surface area contributed by atoms with Crippen LogP contribution in [0.4, 0.5) is 0 Å². The Hall–Kier alpha value is -1.19. The molecule has 0 spiro atoms. The van der Waals surface area contributed by atoms with Gasteiger partial charge in [0, 0.05) is 0 Å². The Bertz CT molecular complexity index is 1200. The summed E-state index contributed by atoms with van der Waals surface area (Å²) in [5, 5.41) is 4.64. The average molecular weight is 658 g/mol. The van der Waals surface area contributed by atoms with Gasteiger partial charge in [0.2, 0.25) is 0 Å². The van der Waals surface area contributed by atoms with E-state index in [-0.39, 0.29) is 58.9 Å². The maximum atomic E-state index is 2.57. The van der Waals surface area contributed by atoms with E-state index in [0.717, 1.165) is 0 Å². The van der Waals surface area contributed by atoms with Gasteiger partial charge in [-0.2, -0.15) is 0 Å². The molecule has 1 atom stereocenters. The van der Waals surface area contributed by atoms with Crippen LogP contribution in [0.2, 0.25) is 0 Å². The summed E-state index contributed by atoms with van der Waals surface area (Å²) in [6, 6.07) is 29.0. The minimum absolute atomic E-state index is 0. The molecule has 0 aliphatic heterocycles. The third kappa shape index (κ3) is 7.31. The summed E-state index contributed by atoms with van der Waals surface area (Å²) < 4.78 is 0. The Morgan fingerprint density at radius 3 is 1.46 bits per heavy atom. The summed E-state index contributed by atoms with van der Waals surface area (Å²) in [7, 11) is -2.52. The largest absolute Gasteiger partial charge is 4.00 e. The van der Waals surface area contributed by atoms with E-state index in [1.807, 2.05) is 0 Å². The molecule has 2 aliphatic rings. The van der Waals surface area contributed by atoms with Crippen molar-refractivity contribution in [2.45, 2.75) is 78.6 Å². The van der Waals surface area contributed by atoms with Crippen molar-refractivity contribution in [3.63, 3.8) is 0 Å². The number of hydrogen-bond acceptors (Lipinski definition) is 0. The molecule has 0 bridgehead atoms. The summed E-state index contributed by atoms with van der Waals surface area (Å²) >= 11 is 0. The second-order valence-electron chi connectivity index (χ2n) is 12.1. The Labute approximate surface area is 284 Å². The summed E-state index contributed by atoms with van der Waals surface area (Å²) in [6.07, 6.45) is 10.8. The van der Waals surface area contributed by atoms with Gasteiger partial charge in [0.25, 0.3) is 0 Å². The second kappa shape index (κ2) is 16.0. The molecule has 0 heterocycles. The van der Waals surface area contributed by atoms with Gasteiger partial charge in [-0.1, -0.05) is 143 Å². The van der Waals surface area contributed by atoms with E-state index in [9.17, 15) is 0 Å². The van der Waals surface area contributed by atoms with Gasteiger partial charge < -0.3 is 37.2 Å². The first kappa shape index (κ1) is 37.8. The van der Waals surface area contributed by atoms with Gasteiger partial charge in [-0.3, -0.25) is 0 Å². The smallest absolute Gasteiger partial charge is 1.00 e. The van der Waals surface area contributed by atoms with Crippen molar-refractivity contribution in [2.75, 3.05) is 0 Å². The van der Waals surface area contributed by atoms with Gasteiger partial charge >= 0.3 is 21.7 Å². The molecule has 0 N–H and O–H groups in total. The quantitative estimate of drug-likeness (QED) is 0.173. The van der Waals surface area contributed by atoms with Gasteiger partial charge in [-0.25, -0.2) is 17.2 Å². The van der Waals surface area contributed by atoms with Crippen LogP contribution in [-0.4, -0.2) is 8.07 Å². The predicted molar refractivity (Wildman–Crippen MR) is 164 cm³/mol. The minimum atomic E-state index is -2.52. The standard InChI is InChI=1S/C36H43Si.3ClH.Ti/c1-25(2)29-13-9-16-32(22-29)37(33-17-10-14-30(23-33)26(3)4,34-18-11-15-31(24-34)27(5)6)36-21-20-28-12-7-8-19-35(28)36;;;;/h7-11,13-19,22-28H,12,20-21H2,1-6H3;3*1H;/q-1;;;;+4/p-3. The van der Waals surface area contributed by atoms with E-state index in [0.29, 0.717) is 23.7 Å². The number of rotatable bonds is 7. The molecule has 0 amide bonds. The normalized spacial score (nSPS) is 15.9. The Morgan fingerprint density at radius 2 is 1.07 bits per heavy atom. The van der Waals surface area contributed by atoms with E-state index < -0.39 is 8.07 Å². The van der Waals surface area contributed by atoms with Crippen molar-refractivity contribution in [1.29, 1.82) is 0 Å². The predicted octanol–water partition coefficient (Wildman–Crippen LogP) is -1.05. The van der Waals surface area contributed by atoms with E-state index >= 15 is 0 Å². The SMILES string of the molecule is CC(C)c1cccc([Si](c2cccc(C(C)C)c2)(c2cccc(C(C)C)c2)[C-]2CCC3CC=CC=C23)c1.[Cl-].[Cl-].[Cl-].[Ti+4]. The van der Waals surface area contributed by atoms with Crippen LogP contribution in [-0.2, 0) is 21.7 Å². The fourth-order valence-electron chi connectivity index (χ4n) is 6.58. The summed E-state index contributed by atoms with van der Waals surface area (Å²) in [4.78, 5) is 0. The maximum Gasteiger partial charge on any atom is 4.00 e. The van der Waals surface area contributed by atoms with Crippen molar-refractivity contribution in [3.05, 3.63) is 119 Å². The molecule has 0 aromatic heterocycles. The first-order valence-corrected chi connectivity index (χ1v) is 16.4. The average Bonchev–Trinajstić information content (AvgIpc) is 3.34. The summed E-state index contributed by atoms with van der Waals surface area (Å²) in [5.41, 5.74) is 7.71. The van der Waals surface area contributed by atoms with Crippen LogP contribution in [0.15, 0.2) is 96.6 Å². The zero-order valence-electron chi connectivity index (χ0n) is 25.2. The number of fused-ring (bicyclic) bond motifs is 1. The van der Waals surface area contributed by atoms with Gasteiger partial charge in [0.1, 0.15) is 0 Å². The molecule has 3 aromatic carbocycles. The van der Waals surface area contributed by atoms with Crippen LogP contribution in [0, 0.1) is 11.5 Å². The zero-order chi connectivity index (χ0) is 26.2. The Balaban J connectivity index is 0.00000210. The second-order valence-corrected chi connectivity index (χ2v) is 15.9. The van der Waals surface area contributed by atoms with E-state index in [1.54, 1.807) is 26.7 Å². The number of benzene rings is 3. The zero-order valence-corrected chi connectivity index (χ0v) is 30.1. The first-order valence-electron chi connectivity index (χ1n) is 14.4. The molecular formula is C36H43Cl3SiTi. The molecular weight excluding hydrogens is 615 g/mol. The van der Waals surface area contributed by atoms with Crippen LogP contribution in [0.3, 0.4) is 0 Å². The van der Waals surface area contributed by atoms with Crippen LogP contribution in [0.1, 0.15) is 95.2 Å². The van der Waals surface area contributed by atoms with Crippen molar-refractivity contribution in [3.8, 4) is 0 Å². The molecule has 0 nitrogen and oxygen atoms in total. The van der Waals surface area contributed by atoms with E-state index in [2.05, 4.69) is 133 Å². The number of hydrogen-bond donors (Lipinski definition) is 0. The van der Waals surface area contributed by atoms with Crippen molar-refractivity contribution in [1.82, 2.24) is 0 Å². The molecule has 1 saturated carbocycles. The van der Waals surface area contributed by atoms with Crippen LogP contribution >= 0.6 is 0 Å². The first-order chi connectivity index (χ1) is 17.8. The molecule has 1 fully saturated rings. The molecule has 5 rings (SSSR count). The maximum absolute atomic E-state index is 2.57. The van der Waals surface area contributed by atoms with Crippen molar-refractivity contribution in [2.24, 2.45) is 5.92 Å². The number of halogens is 3. The summed E-state index contributed by atoms with van der Waals surface area (Å²) in [5.74, 6) is 2.19. The van der Waals surface area contributed by atoms with E-state index in [4.69, 9.17) is 0 Å². The molecule has 0 saturated heterocycles. The Morgan fingerprint density at radius 1 is 0.659 bits per heavy atom.